The lowest BCUT2D eigenvalue weighted by Crippen LogP contribution is -2.18. The number of aromatic nitrogens is 2. The summed E-state index contributed by atoms with van der Waals surface area (Å²) < 4.78 is 8.48. The molecular formula is C42H23N3OS. The van der Waals surface area contributed by atoms with E-state index in [4.69, 9.17) is 14.4 Å². The van der Waals surface area contributed by atoms with E-state index in [0.29, 0.717) is 5.95 Å². The van der Waals surface area contributed by atoms with E-state index < -0.39 is 0 Å². The molecule has 0 N–H and O–H groups in total. The van der Waals surface area contributed by atoms with Gasteiger partial charge in [0.1, 0.15) is 11.2 Å². The minimum atomic E-state index is 0.660. The van der Waals surface area contributed by atoms with Crippen molar-refractivity contribution in [2.45, 2.75) is 0 Å². The fourth-order valence-corrected chi connectivity index (χ4v) is 8.68. The van der Waals surface area contributed by atoms with E-state index in [1.54, 1.807) is 11.3 Å². The molecule has 0 atom stereocenters. The minimum Gasteiger partial charge on any atom is -0.456 e. The molecule has 0 unspecified atom stereocenters. The zero-order chi connectivity index (χ0) is 30.6. The highest BCUT2D eigenvalue weighted by atomic mass is 32.1. The van der Waals surface area contributed by atoms with Crippen molar-refractivity contribution in [1.29, 1.82) is 0 Å². The summed E-state index contributed by atoms with van der Waals surface area (Å²) >= 11 is 1.75. The number of fused-ring (bicyclic) bond motifs is 10. The molecule has 5 heteroatoms. The molecule has 3 aromatic heterocycles. The maximum absolute atomic E-state index is 6.20. The van der Waals surface area contributed by atoms with Crippen molar-refractivity contribution >= 4 is 92.4 Å². The second-order valence-electron chi connectivity index (χ2n) is 12.2. The summed E-state index contributed by atoms with van der Waals surface area (Å²) in [5.41, 5.74) is 9.29. The normalized spacial score (nSPS) is 12.6. The average Bonchev–Trinajstić information content (AvgIpc) is 3.69. The lowest BCUT2D eigenvalue weighted by molar-refractivity contribution is 0.669. The molecule has 4 heterocycles. The lowest BCUT2D eigenvalue weighted by atomic mass is 9.89. The van der Waals surface area contributed by atoms with E-state index in [1.165, 1.54) is 37.4 Å². The van der Waals surface area contributed by atoms with Gasteiger partial charge in [-0.3, -0.25) is 4.90 Å². The van der Waals surface area contributed by atoms with Gasteiger partial charge in [-0.25, -0.2) is 9.97 Å². The highest BCUT2D eigenvalue weighted by Crippen LogP contribution is 2.53. The van der Waals surface area contributed by atoms with Crippen LogP contribution >= 0.6 is 11.3 Å². The van der Waals surface area contributed by atoms with Crippen molar-refractivity contribution < 1.29 is 4.42 Å². The first kappa shape index (κ1) is 25.2. The van der Waals surface area contributed by atoms with Gasteiger partial charge in [-0.2, -0.15) is 0 Å². The molecule has 0 radical (unpaired) electrons. The van der Waals surface area contributed by atoms with Crippen LogP contribution in [-0.2, 0) is 0 Å². The number of nitrogens with zero attached hydrogens (tertiary/aromatic N) is 3. The number of anilines is 3. The molecule has 0 saturated heterocycles. The summed E-state index contributed by atoms with van der Waals surface area (Å²) in [6.07, 6.45) is 0. The maximum atomic E-state index is 6.20. The molecule has 0 spiro atoms. The largest absolute Gasteiger partial charge is 0.456 e. The zero-order valence-corrected chi connectivity index (χ0v) is 25.8. The first-order valence-corrected chi connectivity index (χ1v) is 16.6. The number of para-hydroxylation sites is 1. The molecule has 10 aromatic rings. The first-order chi connectivity index (χ1) is 23.3. The Morgan fingerprint density at radius 2 is 1.32 bits per heavy atom. The fraction of sp³-hybridized carbons (Fsp3) is 0. The van der Waals surface area contributed by atoms with Gasteiger partial charge in [0.15, 0.2) is 0 Å². The Morgan fingerprint density at radius 1 is 0.553 bits per heavy atom. The molecule has 0 fully saturated rings. The Labute approximate surface area is 272 Å². The predicted molar refractivity (Wildman–Crippen MR) is 196 cm³/mol. The molecule has 0 saturated carbocycles. The Balaban J connectivity index is 1.27. The second-order valence-corrected chi connectivity index (χ2v) is 13.2. The van der Waals surface area contributed by atoms with Crippen molar-refractivity contribution in [1.82, 2.24) is 9.97 Å². The highest BCUT2D eigenvalue weighted by Gasteiger charge is 2.30. The van der Waals surface area contributed by atoms with Crippen LogP contribution in [0.2, 0.25) is 0 Å². The van der Waals surface area contributed by atoms with Gasteiger partial charge in [-0.1, -0.05) is 103 Å². The molecule has 11 rings (SSSR count). The topological polar surface area (TPSA) is 42.2 Å². The Bertz CT molecular complexity index is 2930. The number of benzene rings is 7. The van der Waals surface area contributed by atoms with Crippen LogP contribution in [-0.4, -0.2) is 9.97 Å². The quantitative estimate of drug-likeness (QED) is 0.194. The molecule has 0 aliphatic carbocycles. The van der Waals surface area contributed by atoms with E-state index in [2.05, 4.69) is 132 Å². The van der Waals surface area contributed by atoms with Crippen LogP contribution in [0, 0.1) is 0 Å². The van der Waals surface area contributed by atoms with Crippen LogP contribution in [0.15, 0.2) is 144 Å². The molecule has 7 aromatic carbocycles. The Kier molecular flexibility index (Phi) is 4.96. The number of rotatable bonds is 2. The smallest absolute Gasteiger partial charge is 0.235 e. The molecule has 47 heavy (non-hydrogen) atoms. The van der Waals surface area contributed by atoms with Gasteiger partial charge in [-0.05, 0) is 52.7 Å². The third kappa shape index (κ3) is 3.46. The van der Waals surface area contributed by atoms with Crippen molar-refractivity contribution in [3.8, 4) is 22.4 Å². The third-order valence-electron chi connectivity index (χ3n) is 9.60. The van der Waals surface area contributed by atoms with Crippen molar-refractivity contribution in [2.24, 2.45) is 0 Å². The standard InChI is InChI=1S/C42H23N3OS/c1-2-12-27-24(9-1)19-21-30-29-15-7-10-25-11-8-16-33(37(25)29)45(40(27)30)42-43-38(41-39(44-42)31-14-4-6-18-36(31)47-41)26-20-22-35-32(23-26)28-13-3-5-17-34(28)46-35/h1-23H. The molecule has 4 nitrogen and oxygen atoms in total. The van der Waals surface area contributed by atoms with Crippen LogP contribution in [0.5, 0.6) is 0 Å². The van der Waals surface area contributed by atoms with Crippen molar-refractivity contribution in [3.05, 3.63) is 140 Å². The summed E-state index contributed by atoms with van der Waals surface area (Å²) in [6, 6.07) is 49.5. The molecule has 218 valence electrons. The van der Waals surface area contributed by atoms with E-state index in [1.807, 2.05) is 12.1 Å². The van der Waals surface area contributed by atoms with E-state index >= 15 is 0 Å². The number of hydrogen-bond acceptors (Lipinski definition) is 5. The highest BCUT2D eigenvalue weighted by molar-refractivity contribution is 7.26. The Hall–Kier alpha value is -6.04. The number of hydrogen-bond donors (Lipinski definition) is 0. The molecule has 1 aliphatic heterocycles. The first-order valence-electron chi connectivity index (χ1n) is 15.8. The minimum absolute atomic E-state index is 0.660. The van der Waals surface area contributed by atoms with E-state index in [-0.39, 0.29) is 0 Å². The van der Waals surface area contributed by atoms with Gasteiger partial charge < -0.3 is 4.42 Å². The average molecular weight is 618 g/mol. The van der Waals surface area contributed by atoms with Crippen LogP contribution in [0.25, 0.3) is 86.2 Å². The lowest BCUT2D eigenvalue weighted by Gasteiger charge is -2.33. The van der Waals surface area contributed by atoms with Gasteiger partial charge in [0, 0.05) is 42.8 Å². The van der Waals surface area contributed by atoms with Crippen LogP contribution in [0.3, 0.4) is 0 Å². The second kappa shape index (κ2) is 9.25. The van der Waals surface area contributed by atoms with E-state index in [9.17, 15) is 0 Å². The predicted octanol–water partition coefficient (Wildman–Crippen LogP) is 12.2. The zero-order valence-electron chi connectivity index (χ0n) is 24.9. The molecule has 0 amide bonds. The van der Waals surface area contributed by atoms with Gasteiger partial charge in [-0.15, -0.1) is 11.3 Å². The SMILES string of the molecule is c1ccc2c3c(ccc2c1)-c1cccc2cccc(c12)N3c1nc(-c2ccc3oc4ccccc4c3c2)c2sc3ccccc3c2n1. The van der Waals surface area contributed by atoms with Gasteiger partial charge in [0.2, 0.25) is 5.95 Å². The summed E-state index contributed by atoms with van der Waals surface area (Å²) in [6.45, 7) is 0. The summed E-state index contributed by atoms with van der Waals surface area (Å²) in [4.78, 5) is 13.3. The van der Waals surface area contributed by atoms with Crippen LogP contribution in [0.4, 0.5) is 17.3 Å². The molecule has 1 aliphatic rings. The Morgan fingerprint density at radius 3 is 2.26 bits per heavy atom. The third-order valence-corrected chi connectivity index (χ3v) is 10.8. The van der Waals surface area contributed by atoms with Crippen LogP contribution < -0.4 is 4.90 Å². The van der Waals surface area contributed by atoms with E-state index in [0.717, 1.165) is 60.2 Å². The molecule has 0 bridgehead atoms. The maximum Gasteiger partial charge on any atom is 0.235 e. The monoisotopic (exact) mass is 617 g/mol. The van der Waals surface area contributed by atoms with Crippen molar-refractivity contribution in [2.75, 3.05) is 4.90 Å². The number of furan rings is 1. The summed E-state index contributed by atoms with van der Waals surface area (Å²) in [7, 11) is 0. The van der Waals surface area contributed by atoms with Gasteiger partial charge in [0.05, 0.1) is 27.3 Å². The van der Waals surface area contributed by atoms with Gasteiger partial charge in [0.25, 0.3) is 0 Å². The fourth-order valence-electron chi connectivity index (χ4n) is 7.52. The number of thiophene rings is 1. The van der Waals surface area contributed by atoms with Gasteiger partial charge >= 0.3 is 0 Å². The summed E-state index contributed by atoms with van der Waals surface area (Å²) in [5.74, 6) is 0.660. The van der Waals surface area contributed by atoms with Crippen LogP contribution in [0.1, 0.15) is 0 Å². The molecular weight excluding hydrogens is 595 g/mol. The van der Waals surface area contributed by atoms with Crippen molar-refractivity contribution in [3.63, 3.8) is 0 Å². The summed E-state index contributed by atoms with van der Waals surface area (Å²) in [5, 5.41) is 8.09.